The number of halogens is 2. The molecule has 9 heteroatoms. The fourth-order valence-corrected chi connectivity index (χ4v) is 5.86. The molecule has 2 fully saturated rings. The van der Waals surface area contributed by atoms with Crippen molar-refractivity contribution in [2.24, 2.45) is 11.3 Å². The second-order valence-corrected chi connectivity index (χ2v) is 11.8. The number of anilines is 1. The molecule has 0 amide bonds. The maximum absolute atomic E-state index is 14.9. The van der Waals surface area contributed by atoms with Crippen LogP contribution >= 0.6 is 11.8 Å². The number of nitrogens with zero attached hydrogens (tertiary/aromatic N) is 4. The number of hydrogen-bond donors (Lipinski definition) is 0. The van der Waals surface area contributed by atoms with Crippen molar-refractivity contribution < 1.29 is 18.3 Å². The Morgan fingerprint density at radius 1 is 1.25 bits per heavy atom. The highest BCUT2D eigenvalue weighted by Crippen LogP contribution is 2.61. The third kappa shape index (κ3) is 5.81. The minimum atomic E-state index is -2.68. The molecule has 1 unspecified atom stereocenters. The van der Waals surface area contributed by atoms with Crippen molar-refractivity contribution in [3.63, 3.8) is 0 Å². The van der Waals surface area contributed by atoms with Crippen LogP contribution in [0.4, 0.5) is 14.5 Å². The van der Waals surface area contributed by atoms with Crippen molar-refractivity contribution in [1.29, 1.82) is 0 Å². The Bertz CT molecular complexity index is 1050. The van der Waals surface area contributed by atoms with Crippen LogP contribution < -0.4 is 4.90 Å². The zero-order valence-corrected chi connectivity index (χ0v) is 22.9. The monoisotopic (exact) mass is 522 g/mol. The second kappa shape index (κ2) is 11.2. The molecule has 6 nitrogen and oxygen atoms in total. The Morgan fingerprint density at radius 3 is 2.67 bits per heavy atom. The number of carbonyl (C=O) groups excluding carboxylic acids is 1. The van der Waals surface area contributed by atoms with Gasteiger partial charge in [0, 0.05) is 30.0 Å². The molecule has 0 N–H and O–H groups in total. The zero-order valence-electron chi connectivity index (χ0n) is 22.1. The van der Waals surface area contributed by atoms with E-state index in [-0.39, 0.29) is 25.0 Å². The number of carbonyl (C=O) groups is 1. The average Bonchev–Trinajstić information content (AvgIpc) is 3.54. The number of unbranched alkanes of at least 4 members (excludes halogenated alkanes) is 1. The standard InChI is InChI=1S/C27H40F2N4O2S/c1-5-7-8-20(6-2)17-35-23(34)9-14-36-25-30-15-21-24(31-25)22(16-33(21)19(3)4)32-13-12-26(10-11-26)27(28,29)18-32/h15-16,19-20H,5-14,17-18H2,1-4H3. The lowest BCUT2D eigenvalue weighted by Gasteiger charge is -2.39. The minimum Gasteiger partial charge on any atom is -0.465 e. The number of esters is 1. The number of hydrogen-bond acceptors (Lipinski definition) is 6. The molecule has 0 aromatic carbocycles. The molecule has 0 bridgehead atoms. The van der Waals surface area contributed by atoms with Gasteiger partial charge < -0.3 is 14.2 Å². The molecular weight excluding hydrogens is 482 g/mol. The molecule has 36 heavy (non-hydrogen) atoms. The summed E-state index contributed by atoms with van der Waals surface area (Å²) in [5.74, 6) is -1.95. The molecule has 2 aromatic rings. The van der Waals surface area contributed by atoms with Crippen LogP contribution in [0.15, 0.2) is 17.6 Å². The first-order valence-corrected chi connectivity index (χ1v) is 14.5. The van der Waals surface area contributed by atoms with Crippen LogP contribution in [-0.4, -0.2) is 51.9 Å². The van der Waals surface area contributed by atoms with E-state index in [9.17, 15) is 13.6 Å². The van der Waals surface area contributed by atoms with Gasteiger partial charge in [0.2, 0.25) is 0 Å². The largest absolute Gasteiger partial charge is 0.465 e. The first kappa shape index (κ1) is 27.1. The molecule has 0 radical (unpaired) electrons. The summed E-state index contributed by atoms with van der Waals surface area (Å²) in [4.78, 5) is 23.3. The maximum Gasteiger partial charge on any atom is 0.306 e. The van der Waals surface area contributed by atoms with Gasteiger partial charge in [-0.25, -0.2) is 18.7 Å². The van der Waals surface area contributed by atoms with E-state index in [1.165, 1.54) is 11.8 Å². The molecule has 3 heterocycles. The number of aromatic nitrogens is 3. The highest BCUT2D eigenvalue weighted by molar-refractivity contribution is 7.99. The van der Waals surface area contributed by atoms with Crippen LogP contribution in [0.1, 0.15) is 85.1 Å². The molecule has 1 saturated heterocycles. The fourth-order valence-electron chi connectivity index (χ4n) is 5.12. The third-order valence-electron chi connectivity index (χ3n) is 7.87. The van der Waals surface area contributed by atoms with Crippen LogP contribution in [0.5, 0.6) is 0 Å². The number of ether oxygens (including phenoxy) is 1. The smallest absolute Gasteiger partial charge is 0.306 e. The van der Waals surface area contributed by atoms with Gasteiger partial charge in [-0.3, -0.25) is 4.79 Å². The van der Waals surface area contributed by atoms with E-state index in [4.69, 9.17) is 9.72 Å². The Balaban J connectivity index is 1.41. The Hall–Kier alpha value is -1.90. The Morgan fingerprint density at radius 2 is 2.03 bits per heavy atom. The topological polar surface area (TPSA) is 60.2 Å². The van der Waals surface area contributed by atoms with Gasteiger partial charge in [0.25, 0.3) is 5.92 Å². The number of piperidine rings is 1. The predicted octanol–water partition coefficient (Wildman–Crippen LogP) is 6.88. The molecular formula is C27H40F2N4O2S. The van der Waals surface area contributed by atoms with Crippen LogP contribution in [0.2, 0.25) is 0 Å². The van der Waals surface area contributed by atoms with Crippen molar-refractivity contribution in [2.75, 3.05) is 30.3 Å². The lowest BCUT2D eigenvalue weighted by Crippen LogP contribution is -2.50. The summed E-state index contributed by atoms with van der Waals surface area (Å²) >= 11 is 1.40. The van der Waals surface area contributed by atoms with Crippen LogP contribution in [0.3, 0.4) is 0 Å². The summed E-state index contributed by atoms with van der Waals surface area (Å²) < 4.78 is 37.4. The fraction of sp³-hybridized carbons (Fsp3) is 0.741. The van der Waals surface area contributed by atoms with Crippen molar-refractivity contribution >= 4 is 34.5 Å². The summed E-state index contributed by atoms with van der Waals surface area (Å²) in [7, 11) is 0. The van der Waals surface area contributed by atoms with Gasteiger partial charge in [0.1, 0.15) is 5.52 Å². The van der Waals surface area contributed by atoms with Gasteiger partial charge in [0.15, 0.2) is 5.16 Å². The Kier molecular flexibility index (Phi) is 8.47. The van der Waals surface area contributed by atoms with Crippen LogP contribution in [0.25, 0.3) is 11.0 Å². The summed E-state index contributed by atoms with van der Waals surface area (Å²) in [6.07, 6.45) is 10.2. The predicted molar refractivity (Wildman–Crippen MR) is 141 cm³/mol. The van der Waals surface area contributed by atoms with Crippen molar-refractivity contribution in [2.45, 2.75) is 96.2 Å². The van der Waals surface area contributed by atoms with Gasteiger partial charge in [-0.1, -0.05) is 44.9 Å². The van der Waals surface area contributed by atoms with E-state index in [0.29, 0.717) is 54.8 Å². The quantitative estimate of drug-likeness (QED) is 0.172. The second-order valence-electron chi connectivity index (χ2n) is 10.8. The number of alkyl halides is 2. The van der Waals surface area contributed by atoms with E-state index in [1.54, 1.807) is 11.1 Å². The van der Waals surface area contributed by atoms with E-state index in [1.807, 2.05) is 6.20 Å². The van der Waals surface area contributed by atoms with E-state index < -0.39 is 11.3 Å². The summed E-state index contributed by atoms with van der Waals surface area (Å²) in [5.41, 5.74) is 1.51. The molecule has 2 aromatic heterocycles. The third-order valence-corrected chi connectivity index (χ3v) is 8.73. The van der Waals surface area contributed by atoms with Gasteiger partial charge in [0.05, 0.1) is 37.0 Å². The van der Waals surface area contributed by atoms with Gasteiger partial charge in [-0.2, -0.15) is 0 Å². The molecule has 4 rings (SSSR count). The highest BCUT2D eigenvalue weighted by Gasteiger charge is 2.63. The minimum absolute atomic E-state index is 0.155. The molecule has 1 saturated carbocycles. The first-order chi connectivity index (χ1) is 17.2. The molecule has 1 aliphatic carbocycles. The number of thioether (sulfide) groups is 1. The molecule has 1 atom stereocenters. The van der Waals surface area contributed by atoms with Gasteiger partial charge >= 0.3 is 5.97 Å². The van der Waals surface area contributed by atoms with Crippen molar-refractivity contribution in [3.8, 4) is 0 Å². The Labute approximate surface area is 217 Å². The van der Waals surface area contributed by atoms with E-state index in [0.717, 1.165) is 36.9 Å². The summed E-state index contributed by atoms with van der Waals surface area (Å²) in [6.45, 7) is 9.26. The number of rotatable bonds is 12. The zero-order chi connectivity index (χ0) is 25.9. The summed E-state index contributed by atoms with van der Waals surface area (Å²) in [5, 5.41) is 0.551. The van der Waals surface area contributed by atoms with Crippen molar-refractivity contribution in [3.05, 3.63) is 12.4 Å². The van der Waals surface area contributed by atoms with Gasteiger partial charge in [-0.15, -0.1) is 0 Å². The van der Waals surface area contributed by atoms with E-state index >= 15 is 0 Å². The van der Waals surface area contributed by atoms with E-state index in [2.05, 4.69) is 37.2 Å². The maximum atomic E-state index is 14.9. The molecule has 1 spiro atoms. The first-order valence-electron chi connectivity index (χ1n) is 13.5. The van der Waals surface area contributed by atoms with Crippen LogP contribution in [0, 0.1) is 11.3 Å². The average molecular weight is 523 g/mol. The van der Waals surface area contributed by atoms with Crippen molar-refractivity contribution in [1.82, 2.24) is 14.5 Å². The molecule has 200 valence electrons. The lowest BCUT2D eigenvalue weighted by molar-refractivity contribution is -0.144. The molecule has 2 aliphatic rings. The van der Waals surface area contributed by atoms with Crippen LogP contribution in [-0.2, 0) is 9.53 Å². The SMILES string of the molecule is CCCCC(CC)COC(=O)CCSc1ncc2c(n1)c(N1CCC3(CC3)C(F)(F)C1)cn2C(C)C. The normalized spacial score (nSPS) is 19.2. The van der Waals surface area contributed by atoms with Gasteiger partial charge in [-0.05, 0) is 45.4 Å². The highest BCUT2D eigenvalue weighted by atomic mass is 32.2. The molecule has 1 aliphatic heterocycles. The number of fused-ring (bicyclic) bond motifs is 1. The lowest BCUT2D eigenvalue weighted by atomic mass is 9.89. The summed E-state index contributed by atoms with van der Waals surface area (Å²) in [6, 6.07) is 0.155.